The van der Waals surface area contributed by atoms with Crippen LogP contribution in [0.15, 0.2) is 0 Å². The van der Waals surface area contributed by atoms with Gasteiger partial charge in [0.2, 0.25) is 0 Å². The van der Waals surface area contributed by atoms with Crippen LogP contribution in [0.25, 0.3) is 0 Å². The molecule has 0 aromatic rings. The average molecular weight is 389 g/mol. The molecule has 2 radical (unpaired) electrons. The summed E-state index contributed by atoms with van der Waals surface area (Å²) in [6.07, 6.45) is 0. The van der Waals surface area contributed by atoms with Crippen LogP contribution in [0, 0.1) is 76.9 Å². The summed E-state index contributed by atoms with van der Waals surface area (Å²) in [5, 5.41) is 0. The SMILES string of the molecule is O.[La].[Pr].[Zr]. The van der Waals surface area contributed by atoms with Crippen molar-refractivity contribution in [1.29, 1.82) is 0 Å². The third-order valence-electron chi connectivity index (χ3n) is 0. The van der Waals surface area contributed by atoms with Crippen LogP contribution in [0.5, 0.6) is 0 Å². The van der Waals surface area contributed by atoms with Gasteiger partial charge in [-0.05, 0) is 0 Å². The van der Waals surface area contributed by atoms with E-state index < -0.39 is 0 Å². The van der Waals surface area contributed by atoms with Crippen molar-refractivity contribution in [2.45, 2.75) is 0 Å². The molecule has 0 aliphatic heterocycles. The van der Waals surface area contributed by atoms with E-state index in [1.807, 2.05) is 0 Å². The van der Waals surface area contributed by atoms with Gasteiger partial charge in [0.05, 0.1) is 0 Å². The van der Waals surface area contributed by atoms with Crippen molar-refractivity contribution in [3.05, 3.63) is 0 Å². The Bertz CT molecular complexity index is 8.00. The molecule has 0 unspecified atom stereocenters. The molecule has 0 bridgehead atoms. The molecule has 0 saturated heterocycles. The standard InChI is InChI=1S/La.H2O.Pr.Zr/h;1H2;;. The maximum Gasteiger partial charge on any atom is 0 e. The van der Waals surface area contributed by atoms with Crippen LogP contribution in [-0.2, 0) is 26.2 Å². The van der Waals surface area contributed by atoms with Crippen molar-refractivity contribution in [2.75, 3.05) is 0 Å². The third kappa shape index (κ3) is 9.04. The van der Waals surface area contributed by atoms with E-state index in [0.717, 1.165) is 0 Å². The molecule has 0 atom stereocenters. The summed E-state index contributed by atoms with van der Waals surface area (Å²) in [6.45, 7) is 0. The van der Waals surface area contributed by atoms with Gasteiger partial charge in [-0.3, -0.25) is 0 Å². The minimum atomic E-state index is 0. The summed E-state index contributed by atoms with van der Waals surface area (Å²) in [7, 11) is 0. The van der Waals surface area contributed by atoms with Crippen molar-refractivity contribution in [3.63, 3.8) is 0 Å². The molecule has 1 nitrogen and oxygen atoms in total. The maximum atomic E-state index is 0. The van der Waals surface area contributed by atoms with E-state index in [0.29, 0.717) is 0 Å². The largest absolute Gasteiger partial charge is 0.412 e. The zero-order chi connectivity index (χ0) is 0. The summed E-state index contributed by atoms with van der Waals surface area (Å²) in [5.74, 6) is 0. The van der Waals surface area contributed by atoms with Crippen molar-refractivity contribution in [3.8, 4) is 0 Å². The molecule has 2 N–H and O–H groups in total. The Morgan fingerprint density at radius 3 is 1.00 bits per heavy atom. The molecule has 0 saturated carbocycles. The minimum Gasteiger partial charge on any atom is -0.412 e. The molecule has 0 fully saturated rings. The van der Waals surface area contributed by atoms with Gasteiger partial charge in [0.25, 0.3) is 0 Å². The second kappa shape index (κ2) is 16.1. The van der Waals surface area contributed by atoms with E-state index in [4.69, 9.17) is 0 Å². The van der Waals surface area contributed by atoms with Crippen molar-refractivity contribution >= 4 is 0 Å². The van der Waals surface area contributed by atoms with E-state index in [9.17, 15) is 0 Å². The van der Waals surface area contributed by atoms with E-state index >= 15 is 0 Å². The Balaban J connectivity index is 0. The Morgan fingerprint density at radius 1 is 1.00 bits per heavy atom. The van der Waals surface area contributed by atoms with Gasteiger partial charge < -0.3 is 5.48 Å². The minimum absolute atomic E-state index is 0. The zero-order valence-electron chi connectivity index (χ0n) is 2.15. The molecule has 18 valence electrons. The van der Waals surface area contributed by atoms with Crippen LogP contribution in [-0.4, -0.2) is 5.48 Å². The summed E-state index contributed by atoms with van der Waals surface area (Å²) in [4.78, 5) is 0. The molecule has 0 rings (SSSR count). The summed E-state index contributed by atoms with van der Waals surface area (Å²) >= 11 is 0. The molecule has 0 aliphatic carbocycles. The van der Waals surface area contributed by atoms with E-state index in [1.165, 1.54) is 0 Å². The summed E-state index contributed by atoms with van der Waals surface area (Å²) < 4.78 is 0. The van der Waals surface area contributed by atoms with Crippen LogP contribution in [0.3, 0.4) is 0 Å². The second-order valence-electron chi connectivity index (χ2n) is 0. The molecular weight excluding hydrogens is 387 g/mol. The Hall–Kier alpha value is 3.40. The molecule has 0 spiro atoms. The van der Waals surface area contributed by atoms with Gasteiger partial charge in [-0.15, -0.1) is 0 Å². The molecule has 4 heteroatoms. The van der Waals surface area contributed by atoms with Crippen molar-refractivity contribution < 1.29 is 109 Å². The van der Waals surface area contributed by atoms with Gasteiger partial charge in [-0.25, -0.2) is 0 Å². The molecular formula is H2LaOPrZr. The molecule has 0 heterocycles. The first-order valence-electron chi connectivity index (χ1n) is 0. The first-order valence-corrected chi connectivity index (χ1v) is 0. The number of rotatable bonds is 0. The second-order valence-corrected chi connectivity index (χ2v) is 0. The first kappa shape index (κ1) is 26.2. The monoisotopic (exact) mass is 388 g/mol. The van der Waals surface area contributed by atoms with Crippen molar-refractivity contribution in [1.82, 2.24) is 0 Å². The Morgan fingerprint density at radius 2 is 1.00 bits per heavy atom. The van der Waals surface area contributed by atoms with Gasteiger partial charge >= 0.3 is 0 Å². The van der Waals surface area contributed by atoms with Gasteiger partial charge in [0, 0.05) is 103 Å². The third-order valence-corrected chi connectivity index (χ3v) is 0. The smallest absolute Gasteiger partial charge is 0 e. The first-order chi connectivity index (χ1) is 0. The molecule has 0 aromatic heterocycles. The predicted molar refractivity (Wildman–Crippen MR) is 3.61 cm³/mol. The molecule has 4 heavy (non-hydrogen) atoms. The van der Waals surface area contributed by atoms with Gasteiger partial charge in [0.1, 0.15) is 0 Å². The zero-order valence-corrected chi connectivity index (χ0v) is 11.9. The van der Waals surface area contributed by atoms with Crippen LogP contribution in [0.2, 0.25) is 0 Å². The van der Waals surface area contributed by atoms with Gasteiger partial charge in [0.15, 0.2) is 0 Å². The van der Waals surface area contributed by atoms with Crippen LogP contribution in [0.4, 0.5) is 0 Å². The van der Waals surface area contributed by atoms with E-state index in [-0.39, 0.29) is 109 Å². The fraction of sp³-hybridized carbons (Fsp3) is 0. The van der Waals surface area contributed by atoms with E-state index in [1.54, 1.807) is 0 Å². The topological polar surface area (TPSA) is 31.5 Å². The Kier molecular flexibility index (Phi) is 106. The van der Waals surface area contributed by atoms with Crippen molar-refractivity contribution in [2.24, 2.45) is 0 Å². The number of hydrogen-bond acceptors (Lipinski definition) is 0. The normalized spacial score (nSPS) is 0. The van der Waals surface area contributed by atoms with Gasteiger partial charge in [-0.2, -0.15) is 0 Å². The number of hydrogen-bond donors (Lipinski definition) is 0. The molecule has 0 aliphatic rings. The molecule has 0 aromatic carbocycles. The fourth-order valence-corrected chi connectivity index (χ4v) is 0. The summed E-state index contributed by atoms with van der Waals surface area (Å²) in [6, 6.07) is 0. The van der Waals surface area contributed by atoms with Crippen LogP contribution < -0.4 is 0 Å². The van der Waals surface area contributed by atoms with Gasteiger partial charge in [-0.1, -0.05) is 0 Å². The maximum absolute atomic E-state index is 0. The fourth-order valence-electron chi connectivity index (χ4n) is 0. The Labute approximate surface area is 106 Å². The quantitative estimate of drug-likeness (QED) is 0.519. The van der Waals surface area contributed by atoms with Crippen LogP contribution >= 0.6 is 0 Å². The van der Waals surface area contributed by atoms with Crippen LogP contribution in [0.1, 0.15) is 0 Å². The molecule has 0 amide bonds. The predicted octanol–water partition coefficient (Wildman–Crippen LogP) is -0.827. The van der Waals surface area contributed by atoms with E-state index in [2.05, 4.69) is 0 Å². The summed E-state index contributed by atoms with van der Waals surface area (Å²) in [5.41, 5.74) is 0. The average Bonchev–Trinajstić information content (AvgIpc) is 0.